The Labute approximate surface area is 221 Å². The maximum absolute atomic E-state index is 13.0. The molecule has 11 heteroatoms. The Bertz CT molecular complexity index is 1060. The van der Waals surface area contributed by atoms with Crippen LogP contribution in [0, 0.1) is 33.5 Å². The van der Waals surface area contributed by atoms with Gasteiger partial charge in [-0.25, -0.2) is 16.8 Å². The molecule has 5 aliphatic rings. The summed E-state index contributed by atoms with van der Waals surface area (Å²) in [6, 6.07) is 0. The van der Waals surface area contributed by atoms with Crippen molar-refractivity contribution in [1.29, 1.82) is 0 Å². The number of nitrogens with zero attached hydrogens (tertiary/aromatic N) is 4. The topological polar surface area (TPSA) is 121 Å². The van der Waals surface area contributed by atoms with Gasteiger partial charge in [-0.15, -0.1) is 0 Å². The zero-order chi connectivity index (χ0) is 24.6. The normalized spacial score (nSPS) is 41.3. The standard InChI is InChI=1S/C24H38N4O4S2.Ni/c1-21(2)17-5-7-23(21)15-33(29,30)27-11-12-28-34(31,32)16-24-8-6-18(22(24,3)4)14-20(24)26-10-9-25-19(23)13-17;/h17-18H,5-16H2,1-4H3;/q-2;+2/t17-,18-,23-,24-;/m0./s1. The van der Waals surface area contributed by atoms with Crippen LogP contribution in [0.3, 0.4) is 0 Å². The molecule has 0 aromatic rings. The van der Waals surface area contributed by atoms with Crippen LogP contribution in [0.25, 0.3) is 9.44 Å². The van der Waals surface area contributed by atoms with Gasteiger partial charge in [-0.3, -0.25) is 9.98 Å². The summed E-state index contributed by atoms with van der Waals surface area (Å²) in [4.78, 5) is 9.91. The van der Waals surface area contributed by atoms with Crippen LogP contribution >= 0.6 is 0 Å². The number of hydrogen-bond donors (Lipinski definition) is 0. The molecule has 0 amide bonds. The fourth-order valence-electron chi connectivity index (χ4n) is 8.15. The molecule has 35 heavy (non-hydrogen) atoms. The van der Waals surface area contributed by atoms with Crippen molar-refractivity contribution in [3.8, 4) is 0 Å². The van der Waals surface area contributed by atoms with Gasteiger partial charge >= 0.3 is 16.5 Å². The second-order valence-corrected chi connectivity index (χ2v) is 15.7. The average Bonchev–Trinajstić information content (AvgIpc) is 3.26. The molecule has 1 heterocycles. The SMILES string of the molecule is CC1(C)[C@H]2CC[C@@]13CS(=O)(=O)[N-]CC[N-]S(=O)(=O)C[C@@]14CC[C@@H](CC1=NCCN=C3C2)C4(C)C.[Ni+2]. The van der Waals surface area contributed by atoms with Crippen molar-refractivity contribution in [2.75, 3.05) is 37.7 Å². The molecule has 4 aliphatic carbocycles. The molecule has 0 aromatic heterocycles. The number of fused-ring (bicyclic) bond motifs is 2. The van der Waals surface area contributed by atoms with Crippen molar-refractivity contribution in [3.05, 3.63) is 9.44 Å². The Hall–Kier alpha value is -0.346. The molecule has 4 atom stereocenters. The van der Waals surface area contributed by atoms with E-state index in [9.17, 15) is 16.8 Å². The molecule has 0 N–H and O–H groups in total. The molecular weight excluding hydrogens is 531 g/mol. The van der Waals surface area contributed by atoms with Crippen LogP contribution in [0.1, 0.15) is 66.2 Å². The zero-order valence-electron chi connectivity index (χ0n) is 21.2. The molecule has 0 unspecified atom stereocenters. The van der Waals surface area contributed by atoms with Gasteiger partial charge in [0.1, 0.15) is 0 Å². The van der Waals surface area contributed by atoms with Gasteiger partial charge < -0.3 is 9.44 Å². The first-order valence-corrected chi connectivity index (χ1v) is 15.9. The first-order chi connectivity index (χ1) is 15.7. The summed E-state index contributed by atoms with van der Waals surface area (Å²) in [5.74, 6) is 0.764. The number of rotatable bonds is 0. The van der Waals surface area contributed by atoms with Crippen molar-refractivity contribution in [1.82, 2.24) is 0 Å². The molecule has 8 nitrogen and oxygen atoms in total. The van der Waals surface area contributed by atoms with E-state index in [2.05, 4.69) is 37.1 Å². The fraction of sp³-hybridized carbons (Fsp3) is 0.917. The maximum Gasteiger partial charge on any atom is 2.00 e. The van der Waals surface area contributed by atoms with Gasteiger partial charge in [0.15, 0.2) is 0 Å². The van der Waals surface area contributed by atoms with E-state index < -0.39 is 30.9 Å². The van der Waals surface area contributed by atoms with Gasteiger partial charge in [-0.05, 0) is 61.2 Å². The predicted octanol–water partition coefficient (Wildman–Crippen LogP) is 3.94. The Morgan fingerprint density at radius 2 is 1.09 bits per heavy atom. The fourth-order valence-corrected chi connectivity index (χ4v) is 11.7. The molecule has 1 aliphatic heterocycles. The molecule has 2 spiro atoms. The van der Waals surface area contributed by atoms with Crippen LogP contribution in [0.15, 0.2) is 9.98 Å². The third-order valence-corrected chi connectivity index (χ3v) is 13.4. The molecule has 0 saturated heterocycles. The summed E-state index contributed by atoms with van der Waals surface area (Å²) < 4.78 is 60.1. The quantitative estimate of drug-likeness (QED) is 0.411. The predicted molar refractivity (Wildman–Crippen MR) is 136 cm³/mol. The van der Waals surface area contributed by atoms with Crippen molar-refractivity contribution >= 4 is 31.5 Å². The van der Waals surface area contributed by atoms with E-state index in [1.807, 2.05) is 0 Å². The second kappa shape index (κ2) is 8.86. The van der Waals surface area contributed by atoms with Gasteiger partial charge in [-0.2, -0.15) is 13.1 Å². The minimum atomic E-state index is -3.73. The minimum Gasteiger partial charge on any atom is -0.550 e. The van der Waals surface area contributed by atoms with Crippen LogP contribution < -0.4 is 0 Å². The molecule has 0 radical (unpaired) electrons. The summed E-state index contributed by atoms with van der Waals surface area (Å²) in [6.45, 7) is 9.45. The Morgan fingerprint density at radius 3 is 1.43 bits per heavy atom. The molecule has 4 bridgehead atoms. The Balaban J connectivity index is 0.00000289. The number of aliphatic imine (C=N–C) groups is 2. The van der Waals surface area contributed by atoms with Crippen molar-refractivity contribution < 1.29 is 33.3 Å². The smallest absolute Gasteiger partial charge is 0.550 e. The van der Waals surface area contributed by atoms with E-state index >= 15 is 0 Å². The maximum atomic E-state index is 13.0. The molecule has 4 saturated carbocycles. The second-order valence-electron chi connectivity index (χ2n) is 12.3. The molecular formula is C24H38N4NiO4S2. The largest absolute Gasteiger partial charge is 2.00 e. The van der Waals surface area contributed by atoms with Gasteiger partial charge in [0.05, 0.1) is 33.1 Å². The summed E-state index contributed by atoms with van der Waals surface area (Å²) in [5, 5.41) is 0. The summed E-state index contributed by atoms with van der Waals surface area (Å²) in [6.07, 6.45) is 5.35. The van der Waals surface area contributed by atoms with Gasteiger partial charge in [0.2, 0.25) is 0 Å². The Morgan fingerprint density at radius 1 is 0.714 bits per heavy atom. The molecule has 5 rings (SSSR count). The molecule has 0 aromatic carbocycles. The molecule has 200 valence electrons. The summed E-state index contributed by atoms with van der Waals surface area (Å²) >= 11 is 0. The number of hydrogen-bond acceptors (Lipinski definition) is 6. The van der Waals surface area contributed by atoms with Gasteiger partial charge in [-0.1, -0.05) is 27.7 Å². The van der Waals surface area contributed by atoms with Crippen LogP contribution in [0.4, 0.5) is 0 Å². The average molecular weight is 569 g/mol. The zero-order valence-corrected chi connectivity index (χ0v) is 23.8. The van der Waals surface area contributed by atoms with Crippen molar-refractivity contribution in [2.24, 2.45) is 43.5 Å². The van der Waals surface area contributed by atoms with E-state index in [-0.39, 0.29) is 51.9 Å². The van der Waals surface area contributed by atoms with Crippen LogP contribution in [-0.4, -0.2) is 65.9 Å². The van der Waals surface area contributed by atoms with E-state index in [0.29, 0.717) is 24.9 Å². The summed E-state index contributed by atoms with van der Waals surface area (Å²) in [7, 11) is -7.47. The van der Waals surface area contributed by atoms with E-state index in [1.54, 1.807) is 0 Å². The monoisotopic (exact) mass is 568 g/mol. The minimum absolute atomic E-state index is 0. The van der Waals surface area contributed by atoms with Crippen LogP contribution in [0.5, 0.6) is 0 Å². The van der Waals surface area contributed by atoms with Gasteiger partial charge in [0, 0.05) is 33.8 Å². The summed E-state index contributed by atoms with van der Waals surface area (Å²) in [5.41, 5.74) is 0.743. The van der Waals surface area contributed by atoms with Crippen LogP contribution in [-0.2, 0) is 36.5 Å². The number of sulfonamides is 2. The first-order valence-electron chi connectivity index (χ1n) is 12.7. The first kappa shape index (κ1) is 27.7. The van der Waals surface area contributed by atoms with E-state index in [1.165, 1.54) is 0 Å². The van der Waals surface area contributed by atoms with Crippen LogP contribution in [0.2, 0.25) is 0 Å². The van der Waals surface area contributed by atoms with E-state index in [0.717, 1.165) is 49.9 Å². The van der Waals surface area contributed by atoms with Crippen molar-refractivity contribution in [3.63, 3.8) is 0 Å². The van der Waals surface area contributed by atoms with Gasteiger partial charge in [0.25, 0.3) is 0 Å². The Kier molecular flexibility index (Phi) is 7.00. The van der Waals surface area contributed by atoms with Crippen molar-refractivity contribution in [2.45, 2.75) is 66.2 Å². The third kappa shape index (κ3) is 4.20. The third-order valence-electron chi connectivity index (χ3n) is 10.6. The molecule has 4 fully saturated rings. The van der Waals surface area contributed by atoms with E-state index in [4.69, 9.17) is 9.98 Å².